The molecule has 1 amide bonds. The Morgan fingerprint density at radius 1 is 1.15 bits per heavy atom. The van der Waals surface area contributed by atoms with Crippen LogP contribution in [0.3, 0.4) is 0 Å². The van der Waals surface area contributed by atoms with E-state index < -0.39 is 36.5 Å². The molecule has 2 saturated heterocycles. The van der Waals surface area contributed by atoms with Gasteiger partial charge in [-0.1, -0.05) is 41.9 Å². The molecule has 0 spiro atoms. The number of amides is 1. The molecule has 178 valence electrons. The van der Waals surface area contributed by atoms with Crippen LogP contribution in [0.4, 0.5) is 0 Å². The highest BCUT2D eigenvalue weighted by Crippen LogP contribution is 2.39. The summed E-state index contributed by atoms with van der Waals surface area (Å²) in [5, 5.41) is 14.1. The number of fused-ring (bicyclic) bond motifs is 1. The Labute approximate surface area is 198 Å². The third kappa shape index (κ3) is 6.12. The van der Waals surface area contributed by atoms with Gasteiger partial charge in [0.25, 0.3) is 5.91 Å². The van der Waals surface area contributed by atoms with Crippen molar-refractivity contribution in [2.75, 3.05) is 13.2 Å². The van der Waals surface area contributed by atoms with Crippen molar-refractivity contribution in [2.45, 2.75) is 63.2 Å². The molecule has 33 heavy (non-hydrogen) atoms. The summed E-state index contributed by atoms with van der Waals surface area (Å²) in [6.07, 6.45) is -1.60. The third-order valence-corrected chi connectivity index (χ3v) is 6.00. The van der Waals surface area contributed by atoms with E-state index in [9.17, 15) is 9.90 Å². The molecule has 8 heteroatoms. The van der Waals surface area contributed by atoms with Crippen molar-refractivity contribution in [3.05, 3.63) is 70.7 Å². The molecule has 0 saturated carbocycles. The standard InChI is InChI=1S/C25H30ClNO6/c1-25(2)32-22-21(30-14-6-9-16-7-4-3-5-8-16)20(31-24(22)33-25)19(28)15-27-23(29)17-10-12-18(26)13-11-17/h3-5,7-8,10-13,19-22,24,28H,6,9,14-15H2,1-2H3,(H,27,29)/t19-,20-,21+,22-,24-/m1/s1. The molecule has 0 aliphatic carbocycles. The van der Waals surface area contributed by atoms with Crippen LogP contribution >= 0.6 is 11.6 Å². The SMILES string of the molecule is CC1(C)O[C@H]2O[C@H]([C@H](O)CNC(=O)c3ccc(Cl)cc3)[C@H](OCCCc3ccccc3)[C@H]2O1. The lowest BCUT2D eigenvalue weighted by Crippen LogP contribution is -2.47. The summed E-state index contributed by atoms with van der Waals surface area (Å²) < 4.78 is 24.0. The minimum Gasteiger partial charge on any atom is -0.388 e. The number of ether oxygens (including phenoxy) is 4. The van der Waals surface area contributed by atoms with E-state index in [0.29, 0.717) is 17.2 Å². The smallest absolute Gasteiger partial charge is 0.251 e. The summed E-state index contributed by atoms with van der Waals surface area (Å²) in [4.78, 5) is 12.4. The van der Waals surface area contributed by atoms with Crippen molar-refractivity contribution in [1.29, 1.82) is 0 Å². The van der Waals surface area contributed by atoms with Gasteiger partial charge in [-0.3, -0.25) is 4.79 Å². The Bertz CT molecular complexity index is 922. The van der Waals surface area contributed by atoms with Gasteiger partial charge in [-0.15, -0.1) is 0 Å². The molecule has 2 fully saturated rings. The van der Waals surface area contributed by atoms with Crippen molar-refractivity contribution in [3.63, 3.8) is 0 Å². The number of aliphatic hydroxyl groups is 1. The number of nitrogens with one attached hydrogen (secondary N) is 1. The molecule has 2 heterocycles. The van der Waals surface area contributed by atoms with E-state index in [0.717, 1.165) is 12.8 Å². The Balaban J connectivity index is 1.34. The molecule has 5 atom stereocenters. The zero-order valence-electron chi connectivity index (χ0n) is 18.8. The van der Waals surface area contributed by atoms with Crippen LogP contribution in [0.25, 0.3) is 0 Å². The van der Waals surface area contributed by atoms with Gasteiger partial charge < -0.3 is 29.4 Å². The minimum absolute atomic E-state index is 0.00116. The molecule has 2 aromatic rings. The fourth-order valence-corrected chi connectivity index (χ4v) is 4.29. The van der Waals surface area contributed by atoms with E-state index in [1.54, 1.807) is 24.3 Å². The number of rotatable bonds is 9. The maximum absolute atomic E-state index is 12.4. The first-order chi connectivity index (χ1) is 15.8. The Hall–Kier alpha value is -2.00. The molecule has 0 radical (unpaired) electrons. The number of halogens is 1. The third-order valence-electron chi connectivity index (χ3n) is 5.75. The zero-order chi connectivity index (χ0) is 23.4. The molecule has 7 nitrogen and oxygen atoms in total. The van der Waals surface area contributed by atoms with Gasteiger partial charge in [0.05, 0.1) is 0 Å². The zero-order valence-corrected chi connectivity index (χ0v) is 19.5. The summed E-state index contributed by atoms with van der Waals surface area (Å²) in [5.41, 5.74) is 1.70. The van der Waals surface area contributed by atoms with E-state index in [1.807, 2.05) is 32.0 Å². The highest BCUT2D eigenvalue weighted by molar-refractivity contribution is 6.30. The largest absolute Gasteiger partial charge is 0.388 e. The molecule has 2 aliphatic heterocycles. The first-order valence-electron chi connectivity index (χ1n) is 11.2. The molecule has 0 aromatic heterocycles. The number of hydrogen-bond acceptors (Lipinski definition) is 6. The van der Waals surface area contributed by atoms with Crippen LogP contribution in [-0.4, -0.2) is 60.7 Å². The first kappa shape index (κ1) is 24.1. The van der Waals surface area contributed by atoms with E-state index in [4.69, 9.17) is 30.5 Å². The van der Waals surface area contributed by atoms with Crippen LogP contribution in [0.1, 0.15) is 36.2 Å². The molecule has 2 aromatic carbocycles. The number of hydrogen-bond donors (Lipinski definition) is 2. The highest BCUT2D eigenvalue weighted by atomic mass is 35.5. The van der Waals surface area contributed by atoms with E-state index in [2.05, 4.69) is 17.4 Å². The van der Waals surface area contributed by atoms with Crippen molar-refractivity contribution in [1.82, 2.24) is 5.32 Å². The predicted octanol–water partition coefficient (Wildman–Crippen LogP) is 3.33. The van der Waals surface area contributed by atoms with E-state index in [1.165, 1.54) is 5.56 Å². The van der Waals surface area contributed by atoms with Crippen LogP contribution in [0, 0.1) is 0 Å². The Morgan fingerprint density at radius 2 is 1.88 bits per heavy atom. The fourth-order valence-electron chi connectivity index (χ4n) is 4.16. The number of carbonyl (C=O) groups is 1. The van der Waals surface area contributed by atoms with Gasteiger partial charge in [-0.05, 0) is 56.5 Å². The highest BCUT2D eigenvalue weighted by Gasteiger charge is 2.57. The van der Waals surface area contributed by atoms with Crippen LogP contribution < -0.4 is 5.32 Å². The van der Waals surface area contributed by atoms with Crippen molar-refractivity contribution in [2.24, 2.45) is 0 Å². The predicted molar refractivity (Wildman–Crippen MR) is 123 cm³/mol. The second-order valence-electron chi connectivity index (χ2n) is 8.78. The Morgan fingerprint density at radius 3 is 2.61 bits per heavy atom. The van der Waals surface area contributed by atoms with Gasteiger partial charge in [0.1, 0.15) is 24.4 Å². The summed E-state index contributed by atoms with van der Waals surface area (Å²) in [6.45, 7) is 4.12. The molecule has 4 rings (SSSR count). The lowest BCUT2D eigenvalue weighted by atomic mass is 10.0. The van der Waals surface area contributed by atoms with Gasteiger partial charge in [0.2, 0.25) is 0 Å². The van der Waals surface area contributed by atoms with Crippen molar-refractivity contribution in [3.8, 4) is 0 Å². The lowest BCUT2D eigenvalue weighted by molar-refractivity contribution is -0.229. The van der Waals surface area contributed by atoms with E-state index >= 15 is 0 Å². The van der Waals surface area contributed by atoms with Gasteiger partial charge in [0.15, 0.2) is 12.1 Å². The monoisotopic (exact) mass is 475 g/mol. The Kier molecular flexibility index (Phi) is 7.69. The number of carbonyl (C=O) groups excluding carboxylic acids is 1. The van der Waals surface area contributed by atoms with Crippen LogP contribution in [0.2, 0.25) is 5.02 Å². The fraction of sp³-hybridized carbons (Fsp3) is 0.480. The molecule has 0 bridgehead atoms. The van der Waals surface area contributed by atoms with Crippen molar-refractivity contribution < 1.29 is 28.8 Å². The molecule has 0 unspecified atom stereocenters. The van der Waals surface area contributed by atoms with Crippen LogP contribution in [-0.2, 0) is 25.4 Å². The quantitative estimate of drug-likeness (QED) is 0.541. The maximum Gasteiger partial charge on any atom is 0.251 e. The summed E-state index contributed by atoms with van der Waals surface area (Å²) >= 11 is 5.87. The molecule has 2 N–H and O–H groups in total. The molecule has 2 aliphatic rings. The minimum atomic E-state index is -0.999. The average Bonchev–Trinajstić information content (AvgIpc) is 3.28. The lowest BCUT2D eigenvalue weighted by Gasteiger charge is -2.28. The topological polar surface area (TPSA) is 86.2 Å². The first-order valence-corrected chi connectivity index (χ1v) is 11.6. The van der Waals surface area contributed by atoms with Crippen LogP contribution in [0.15, 0.2) is 54.6 Å². The second kappa shape index (κ2) is 10.5. The van der Waals surface area contributed by atoms with Gasteiger partial charge >= 0.3 is 0 Å². The number of benzene rings is 2. The maximum atomic E-state index is 12.4. The second-order valence-corrected chi connectivity index (χ2v) is 9.21. The summed E-state index contributed by atoms with van der Waals surface area (Å²) in [6, 6.07) is 16.7. The van der Waals surface area contributed by atoms with Gasteiger partial charge in [-0.25, -0.2) is 0 Å². The van der Waals surface area contributed by atoms with Gasteiger partial charge in [0, 0.05) is 23.7 Å². The summed E-state index contributed by atoms with van der Waals surface area (Å²) in [7, 11) is 0. The normalized spacial score (nSPS) is 26.7. The number of aliphatic hydroxyl groups excluding tert-OH is 1. The summed E-state index contributed by atoms with van der Waals surface area (Å²) in [5.74, 6) is -1.10. The molecular formula is C25H30ClNO6. The number of aryl methyl sites for hydroxylation is 1. The van der Waals surface area contributed by atoms with E-state index in [-0.39, 0.29) is 12.5 Å². The molecular weight excluding hydrogens is 446 g/mol. The average molecular weight is 476 g/mol. The van der Waals surface area contributed by atoms with Crippen molar-refractivity contribution >= 4 is 17.5 Å². The van der Waals surface area contributed by atoms with Crippen LogP contribution in [0.5, 0.6) is 0 Å². The van der Waals surface area contributed by atoms with Gasteiger partial charge in [-0.2, -0.15) is 0 Å².